The fraction of sp³-hybridized carbons (Fsp3) is 0.444. The van der Waals surface area contributed by atoms with Crippen LogP contribution >= 0.6 is 0 Å². The van der Waals surface area contributed by atoms with Gasteiger partial charge in [0.15, 0.2) is 6.61 Å². The quantitative estimate of drug-likeness (QED) is 0.182. The number of cyclic esters (lactones) is 1. The topological polar surface area (TPSA) is 109 Å². The summed E-state index contributed by atoms with van der Waals surface area (Å²) >= 11 is 0. The van der Waals surface area contributed by atoms with E-state index in [4.69, 9.17) is 14.2 Å². The zero-order valence-corrected chi connectivity index (χ0v) is 26.7. The summed E-state index contributed by atoms with van der Waals surface area (Å²) in [7, 11) is 0. The minimum Gasteiger partial charge on any atom is -0.489 e. The number of β-amino-alcohol motifs (C(OH)–C–C–N with tert-alkyl or cyclic N) is 1. The number of rotatable bonds is 14. The molecule has 0 spiro atoms. The average molecular weight is 616 g/mol. The molecule has 0 saturated carbocycles. The molecule has 0 aromatic heterocycles. The molecule has 45 heavy (non-hydrogen) atoms. The molecule has 5 rings (SSSR count). The van der Waals surface area contributed by atoms with Crippen LogP contribution in [0.4, 0.5) is 16.2 Å². The first-order valence-electron chi connectivity index (χ1n) is 15.9. The van der Waals surface area contributed by atoms with E-state index in [2.05, 4.69) is 30.5 Å². The molecule has 240 valence electrons. The van der Waals surface area contributed by atoms with Gasteiger partial charge in [0.25, 0.3) is 5.91 Å². The van der Waals surface area contributed by atoms with Gasteiger partial charge in [-0.15, -0.1) is 0 Å². The zero-order chi connectivity index (χ0) is 32.0. The number of amides is 2. The van der Waals surface area contributed by atoms with Gasteiger partial charge in [-0.3, -0.25) is 9.69 Å². The van der Waals surface area contributed by atoms with E-state index in [0.717, 1.165) is 42.5 Å². The number of carbonyl (C=O) groups is 2. The number of anilines is 2. The van der Waals surface area contributed by atoms with E-state index in [1.165, 1.54) is 0 Å². The van der Waals surface area contributed by atoms with Crippen molar-refractivity contribution in [1.29, 1.82) is 0 Å². The highest BCUT2D eigenvalue weighted by Crippen LogP contribution is 2.45. The molecule has 9 nitrogen and oxygen atoms in total. The van der Waals surface area contributed by atoms with Gasteiger partial charge in [0.05, 0.1) is 17.5 Å². The Labute approximate surface area is 265 Å². The van der Waals surface area contributed by atoms with Gasteiger partial charge < -0.3 is 30.0 Å². The summed E-state index contributed by atoms with van der Waals surface area (Å²) in [5.74, 6) is 0.687. The maximum absolute atomic E-state index is 13.4. The van der Waals surface area contributed by atoms with Gasteiger partial charge in [-0.25, -0.2) is 4.79 Å². The van der Waals surface area contributed by atoms with E-state index in [1.54, 1.807) is 17.0 Å². The second-order valence-corrected chi connectivity index (χ2v) is 12.6. The maximum Gasteiger partial charge on any atom is 0.415 e. The third-order valence-electron chi connectivity index (χ3n) is 8.55. The summed E-state index contributed by atoms with van der Waals surface area (Å²) < 4.78 is 18.0. The molecule has 2 aliphatic rings. The number of hydrogen-bond donors (Lipinski definition) is 3. The van der Waals surface area contributed by atoms with Gasteiger partial charge >= 0.3 is 6.09 Å². The highest BCUT2D eigenvalue weighted by molar-refractivity contribution is 5.96. The molecular weight excluding hydrogens is 570 g/mol. The number of para-hydroxylation sites is 1. The Balaban J connectivity index is 1.27. The SMILES string of the molecule is CCCC1(CCC)OC(=O)N(CCC(C)(C)NCC(O)c2cc(OCc3ccccc3)cc3c2OCC(=O)N3)c2ccccc21. The molecule has 3 N–H and O–H groups in total. The third kappa shape index (κ3) is 7.43. The molecule has 0 saturated heterocycles. The van der Waals surface area contributed by atoms with Crippen LogP contribution in [0.1, 0.15) is 82.6 Å². The summed E-state index contributed by atoms with van der Waals surface area (Å²) in [6.45, 7) is 9.22. The Morgan fingerprint density at radius 1 is 1.04 bits per heavy atom. The Bertz CT molecular complexity index is 1490. The molecule has 1 atom stereocenters. The first-order chi connectivity index (χ1) is 21.6. The minimum absolute atomic E-state index is 0.124. The monoisotopic (exact) mass is 615 g/mol. The molecule has 0 bridgehead atoms. The van der Waals surface area contributed by atoms with Crippen molar-refractivity contribution in [2.45, 2.75) is 83.6 Å². The Morgan fingerprint density at radius 2 is 1.76 bits per heavy atom. The summed E-state index contributed by atoms with van der Waals surface area (Å²) in [5, 5.41) is 17.7. The first-order valence-corrected chi connectivity index (χ1v) is 15.9. The zero-order valence-electron chi connectivity index (χ0n) is 26.7. The predicted octanol–water partition coefficient (Wildman–Crippen LogP) is 6.84. The molecule has 2 amide bonds. The number of nitrogens with zero attached hydrogens (tertiary/aromatic N) is 1. The summed E-state index contributed by atoms with van der Waals surface area (Å²) in [6.07, 6.45) is 2.77. The van der Waals surface area contributed by atoms with Gasteiger partial charge in [0.2, 0.25) is 0 Å². The molecule has 3 aromatic rings. The molecular formula is C36H45N3O6. The van der Waals surface area contributed by atoms with Crippen molar-refractivity contribution in [2.75, 3.05) is 29.9 Å². The van der Waals surface area contributed by atoms with Gasteiger partial charge in [0.1, 0.15) is 23.7 Å². The van der Waals surface area contributed by atoms with Gasteiger partial charge in [-0.1, -0.05) is 75.2 Å². The number of aliphatic hydroxyl groups is 1. The lowest BCUT2D eigenvalue weighted by Crippen LogP contribution is -2.49. The number of fused-ring (bicyclic) bond motifs is 2. The van der Waals surface area contributed by atoms with E-state index < -0.39 is 17.2 Å². The van der Waals surface area contributed by atoms with Crippen LogP contribution in [0.15, 0.2) is 66.7 Å². The Morgan fingerprint density at radius 3 is 2.49 bits per heavy atom. The van der Waals surface area contributed by atoms with Gasteiger partial charge in [-0.05, 0) is 50.8 Å². The van der Waals surface area contributed by atoms with Crippen molar-refractivity contribution >= 4 is 23.4 Å². The van der Waals surface area contributed by atoms with Crippen molar-refractivity contribution < 1.29 is 28.9 Å². The highest BCUT2D eigenvalue weighted by Gasteiger charge is 2.44. The van der Waals surface area contributed by atoms with E-state index >= 15 is 0 Å². The second-order valence-electron chi connectivity index (χ2n) is 12.6. The maximum atomic E-state index is 13.4. The highest BCUT2D eigenvalue weighted by atomic mass is 16.6. The summed E-state index contributed by atoms with van der Waals surface area (Å²) in [4.78, 5) is 27.2. The molecule has 1 unspecified atom stereocenters. The minimum atomic E-state index is -0.947. The van der Waals surface area contributed by atoms with Crippen LogP contribution in [0.2, 0.25) is 0 Å². The van der Waals surface area contributed by atoms with Crippen LogP contribution in [0.5, 0.6) is 11.5 Å². The lowest BCUT2D eigenvalue weighted by molar-refractivity contribution is -0.118. The number of ether oxygens (including phenoxy) is 3. The van der Waals surface area contributed by atoms with E-state index in [9.17, 15) is 14.7 Å². The van der Waals surface area contributed by atoms with Crippen LogP contribution in [0.25, 0.3) is 0 Å². The molecule has 0 fully saturated rings. The Kier molecular flexibility index (Phi) is 9.99. The molecule has 0 aliphatic carbocycles. The average Bonchev–Trinajstić information content (AvgIpc) is 3.03. The number of aliphatic hydroxyl groups excluding tert-OH is 1. The first kappa shape index (κ1) is 32.3. The predicted molar refractivity (Wildman–Crippen MR) is 175 cm³/mol. The van der Waals surface area contributed by atoms with Crippen LogP contribution < -0.4 is 25.0 Å². The lowest BCUT2D eigenvalue weighted by atomic mass is 9.82. The lowest BCUT2D eigenvalue weighted by Gasteiger charge is -2.43. The van der Waals surface area contributed by atoms with Crippen LogP contribution in [-0.4, -0.2) is 42.3 Å². The van der Waals surface area contributed by atoms with Crippen LogP contribution in [-0.2, 0) is 21.7 Å². The largest absolute Gasteiger partial charge is 0.489 e. The van der Waals surface area contributed by atoms with Crippen molar-refractivity contribution in [2.24, 2.45) is 0 Å². The fourth-order valence-electron chi connectivity index (χ4n) is 6.22. The van der Waals surface area contributed by atoms with Crippen molar-refractivity contribution in [1.82, 2.24) is 5.32 Å². The third-order valence-corrected chi connectivity index (χ3v) is 8.55. The van der Waals surface area contributed by atoms with Gasteiger partial charge in [-0.2, -0.15) is 0 Å². The molecule has 2 heterocycles. The molecule has 9 heteroatoms. The normalized spacial score (nSPS) is 16.2. The second kappa shape index (κ2) is 13.9. The smallest absolute Gasteiger partial charge is 0.415 e. The van der Waals surface area contributed by atoms with E-state index in [0.29, 0.717) is 42.3 Å². The van der Waals surface area contributed by atoms with Gasteiger partial charge in [0, 0.05) is 35.8 Å². The van der Waals surface area contributed by atoms with E-state index in [-0.39, 0.29) is 25.2 Å². The number of benzene rings is 3. The molecule has 2 aliphatic heterocycles. The van der Waals surface area contributed by atoms with Crippen molar-refractivity contribution in [3.8, 4) is 11.5 Å². The van der Waals surface area contributed by atoms with Crippen LogP contribution in [0, 0.1) is 0 Å². The number of carbonyl (C=O) groups excluding carboxylic acids is 2. The fourth-order valence-corrected chi connectivity index (χ4v) is 6.22. The number of hydrogen-bond acceptors (Lipinski definition) is 7. The molecule has 3 aromatic carbocycles. The van der Waals surface area contributed by atoms with Crippen molar-refractivity contribution in [3.63, 3.8) is 0 Å². The molecule has 0 radical (unpaired) electrons. The van der Waals surface area contributed by atoms with Crippen LogP contribution in [0.3, 0.4) is 0 Å². The van der Waals surface area contributed by atoms with Crippen molar-refractivity contribution in [3.05, 3.63) is 83.4 Å². The number of nitrogens with one attached hydrogen (secondary N) is 2. The van der Waals surface area contributed by atoms with E-state index in [1.807, 2.05) is 62.4 Å². The Hall–Kier alpha value is -4.08. The standard InChI is InChI=1S/C36H45N3O6/c1-5-16-36(17-6-2)28-14-10-11-15-30(28)39(34(42)45-36)19-18-35(3,4)37-22-31(40)27-20-26(43-23-25-12-8-7-9-13-25)21-29-33(27)44-24-32(41)38-29/h7-15,20-21,31,37,40H,5-6,16-19,22-24H2,1-4H3,(H,38,41). The summed E-state index contributed by atoms with van der Waals surface area (Å²) in [5.41, 5.74) is 2.94. The summed E-state index contributed by atoms with van der Waals surface area (Å²) in [6, 6.07) is 21.3.